The number of nitrogens with zero attached hydrogens (tertiary/aromatic N) is 2. The van der Waals surface area contributed by atoms with Crippen LogP contribution in [0.3, 0.4) is 0 Å². The van der Waals surface area contributed by atoms with E-state index in [1.165, 1.54) is 19.2 Å². The van der Waals surface area contributed by atoms with Gasteiger partial charge < -0.3 is 10.4 Å². The third kappa shape index (κ3) is 3.40. The zero-order valence-corrected chi connectivity index (χ0v) is 11.2. The van der Waals surface area contributed by atoms with Gasteiger partial charge in [0.05, 0.1) is 16.9 Å². The Morgan fingerprint density at radius 3 is 2.94 bits per heavy atom. The fourth-order valence-corrected chi connectivity index (χ4v) is 1.38. The zero-order valence-electron chi connectivity index (χ0n) is 8.87. The summed E-state index contributed by atoms with van der Waals surface area (Å²) in [6.07, 6.45) is 1.30. The number of aliphatic hydroxyl groups is 1. The summed E-state index contributed by atoms with van der Waals surface area (Å²) in [4.78, 5) is 15.4. The molecule has 0 saturated carbocycles. The van der Waals surface area contributed by atoms with Crippen molar-refractivity contribution in [1.29, 1.82) is 5.26 Å². The third-order valence-electron chi connectivity index (χ3n) is 1.95. The second-order valence-corrected chi connectivity index (χ2v) is 4.50. The summed E-state index contributed by atoms with van der Waals surface area (Å²) >= 11 is 8.78. The van der Waals surface area contributed by atoms with Crippen LogP contribution in [0.15, 0.2) is 12.3 Å². The summed E-state index contributed by atoms with van der Waals surface area (Å²) in [6.45, 7) is 1.37. The smallest absolute Gasteiger partial charge is 0.256 e. The van der Waals surface area contributed by atoms with Crippen LogP contribution in [0.1, 0.15) is 12.6 Å². The van der Waals surface area contributed by atoms with Gasteiger partial charge in [0.15, 0.2) is 5.69 Å². The van der Waals surface area contributed by atoms with Gasteiger partial charge in [-0.1, -0.05) is 27.5 Å². The van der Waals surface area contributed by atoms with Gasteiger partial charge in [-0.15, -0.1) is 0 Å². The van der Waals surface area contributed by atoms with E-state index in [-0.39, 0.29) is 16.0 Å². The molecule has 1 aromatic rings. The van der Waals surface area contributed by atoms with Crippen molar-refractivity contribution in [3.05, 3.63) is 23.0 Å². The molecule has 0 aliphatic rings. The maximum absolute atomic E-state index is 11.6. The molecule has 1 atom stereocenters. The van der Waals surface area contributed by atoms with E-state index in [9.17, 15) is 9.90 Å². The van der Waals surface area contributed by atoms with Gasteiger partial charge in [0.25, 0.3) is 5.91 Å². The lowest BCUT2D eigenvalue weighted by Crippen LogP contribution is -2.41. The van der Waals surface area contributed by atoms with Gasteiger partial charge in [-0.05, 0) is 13.0 Å². The Kier molecular flexibility index (Phi) is 4.46. The number of nitriles is 1. The van der Waals surface area contributed by atoms with Crippen LogP contribution in [0.5, 0.6) is 0 Å². The Morgan fingerprint density at radius 1 is 1.82 bits per heavy atom. The monoisotopic (exact) mass is 317 g/mol. The second-order valence-electron chi connectivity index (χ2n) is 3.53. The van der Waals surface area contributed by atoms with Crippen LogP contribution in [-0.2, 0) is 4.79 Å². The molecule has 1 heterocycles. The van der Waals surface area contributed by atoms with E-state index in [1.807, 2.05) is 0 Å². The predicted octanol–water partition coefficient (Wildman–Crippen LogP) is 1.69. The van der Waals surface area contributed by atoms with Gasteiger partial charge in [-0.2, -0.15) is 5.26 Å². The summed E-state index contributed by atoms with van der Waals surface area (Å²) in [7, 11) is 0. The largest absolute Gasteiger partial charge is 0.379 e. The molecule has 0 saturated heterocycles. The van der Waals surface area contributed by atoms with Gasteiger partial charge in [0.2, 0.25) is 0 Å². The molecule has 0 fully saturated rings. The molecule has 5 nitrogen and oxygen atoms in total. The van der Waals surface area contributed by atoms with Gasteiger partial charge in [0, 0.05) is 5.33 Å². The molecule has 0 radical (unpaired) electrons. The molecule has 0 aromatic carbocycles. The number of anilines is 1. The average molecular weight is 319 g/mol. The van der Waals surface area contributed by atoms with Gasteiger partial charge in [0.1, 0.15) is 11.7 Å². The molecular formula is C10H9BrClN3O2. The standard InChI is InChI=1S/C10H9BrClN3O2/c1-10(17,5-11)9(16)15-6-2-7(12)8(3-13)14-4-6/h2,4,17H,5H2,1H3,(H,15,16). The number of pyridine rings is 1. The number of nitrogens with one attached hydrogen (secondary N) is 1. The highest BCUT2D eigenvalue weighted by Gasteiger charge is 2.28. The first-order chi connectivity index (χ1) is 7.90. The number of alkyl halides is 1. The van der Waals surface area contributed by atoms with Gasteiger partial charge >= 0.3 is 0 Å². The Labute approximate surface area is 112 Å². The number of aromatic nitrogens is 1. The Morgan fingerprint density at radius 2 is 2.47 bits per heavy atom. The maximum atomic E-state index is 11.6. The number of hydrogen-bond acceptors (Lipinski definition) is 4. The zero-order chi connectivity index (χ0) is 13.1. The minimum atomic E-state index is -1.53. The Bertz CT molecular complexity index is 485. The predicted molar refractivity (Wildman–Crippen MR) is 67.0 cm³/mol. The maximum Gasteiger partial charge on any atom is 0.256 e. The third-order valence-corrected chi connectivity index (χ3v) is 3.33. The fourth-order valence-electron chi connectivity index (χ4n) is 0.915. The topological polar surface area (TPSA) is 86.0 Å². The minimum absolute atomic E-state index is 0.0805. The molecule has 7 heteroatoms. The quantitative estimate of drug-likeness (QED) is 0.830. The van der Waals surface area contributed by atoms with E-state index in [4.69, 9.17) is 16.9 Å². The van der Waals surface area contributed by atoms with Crippen molar-refractivity contribution in [2.24, 2.45) is 0 Å². The summed E-state index contributed by atoms with van der Waals surface area (Å²) in [5.74, 6) is -0.586. The molecule has 0 spiro atoms. The van der Waals surface area contributed by atoms with E-state index in [1.54, 1.807) is 6.07 Å². The normalized spacial score (nSPS) is 13.6. The molecular weight excluding hydrogens is 309 g/mol. The number of amides is 1. The number of rotatable bonds is 3. The first kappa shape index (κ1) is 13.9. The molecule has 1 aromatic heterocycles. The van der Waals surface area contributed by atoms with Crippen LogP contribution >= 0.6 is 27.5 Å². The molecule has 2 N–H and O–H groups in total. The van der Waals surface area contributed by atoms with Crippen LogP contribution < -0.4 is 5.32 Å². The molecule has 17 heavy (non-hydrogen) atoms. The van der Waals surface area contributed by atoms with Crippen molar-refractivity contribution in [3.63, 3.8) is 0 Å². The first-order valence-electron chi connectivity index (χ1n) is 4.56. The van der Waals surface area contributed by atoms with E-state index < -0.39 is 11.5 Å². The number of carbonyl (C=O) groups excluding carboxylic acids is 1. The summed E-state index contributed by atoms with van der Waals surface area (Å²) < 4.78 is 0. The number of hydrogen-bond donors (Lipinski definition) is 2. The highest BCUT2D eigenvalue weighted by molar-refractivity contribution is 9.09. The van der Waals surface area contributed by atoms with Crippen LogP contribution in [0, 0.1) is 11.3 Å². The summed E-state index contributed by atoms with van der Waals surface area (Å²) in [6, 6.07) is 3.20. The Balaban J connectivity index is 2.88. The van der Waals surface area contributed by atoms with Crippen molar-refractivity contribution < 1.29 is 9.90 Å². The Hall–Kier alpha value is -1.16. The van der Waals surface area contributed by atoms with E-state index >= 15 is 0 Å². The van der Waals surface area contributed by atoms with Crippen molar-refractivity contribution in [2.75, 3.05) is 10.6 Å². The number of carbonyl (C=O) groups is 1. The SMILES string of the molecule is CC(O)(CBr)C(=O)Nc1cnc(C#N)c(Cl)c1. The van der Waals surface area contributed by atoms with Crippen LogP contribution in [-0.4, -0.2) is 26.9 Å². The van der Waals surface area contributed by atoms with Gasteiger partial charge in [-0.25, -0.2) is 4.98 Å². The highest BCUT2D eigenvalue weighted by Crippen LogP contribution is 2.19. The first-order valence-corrected chi connectivity index (χ1v) is 6.06. The van der Waals surface area contributed by atoms with Crippen molar-refractivity contribution in [1.82, 2.24) is 4.98 Å². The summed E-state index contributed by atoms with van der Waals surface area (Å²) in [5, 5.41) is 21.0. The molecule has 0 aliphatic heterocycles. The molecule has 90 valence electrons. The number of halogens is 2. The van der Waals surface area contributed by atoms with Crippen LogP contribution in [0.2, 0.25) is 5.02 Å². The van der Waals surface area contributed by atoms with Crippen LogP contribution in [0.25, 0.3) is 0 Å². The lowest BCUT2D eigenvalue weighted by Gasteiger charge is -2.19. The summed E-state index contributed by atoms with van der Waals surface area (Å²) in [5.41, 5.74) is -1.13. The van der Waals surface area contributed by atoms with Gasteiger partial charge in [-0.3, -0.25) is 4.79 Å². The lowest BCUT2D eigenvalue weighted by atomic mass is 10.1. The van der Waals surface area contributed by atoms with Crippen molar-refractivity contribution in [2.45, 2.75) is 12.5 Å². The lowest BCUT2D eigenvalue weighted by molar-refractivity contribution is -0.130. The molecule has 1 amide bonds. The van der Waals surface area contributed by atoms with Crippen molar-refractivity contribution in [3.8, 4) is 6.07 Å². The molecule has 1 unspecified atom stereocenters. The molecule has 0 aliphatic carbocycles. The molecule has 0 bridgehead atoms. The minimum Gasteiger partial charge on any atom is -0.379 e. The highest BCUT2D eigenvalue weighted by atomic mass is 79.9. The molecule has 1 rings (SSSR count). The average Bonchev–Trinajstić information content (AvgIpc) is 2.29. The fraction of sp³-hybridized carbons (Fsp3) is 0.300. The van der Waals surface area contributed by atoms with Crippen LogP contribution in [0.4, 0.5) is 5.69 Å². The van der Waals surface area contributed by atoms with E-state index in [2.05, 4.69) is 26.2 Å². The van der Waals surface area contributed by atoms with Crippen molar-refractivity contribution >= 4 is 39.1 Å². The van der Waals surface area contributed by atoms with E-state index in [0.717, 1.165) is 0 Å². The van der Waals surface area contributed by atoms with E-state index in [0.29, 0.717) is 5.69 Å². The second kappa shape index (κ2) is 5.45.